The van der Waals surface area contributed by atoms with E-state index in [0.29, 0.717) is 6.42 Å². The quantitative estimate of drug-likeness (QED) is 0.870. The van der Waals surface area contributed by atoms with Gasteiger partial charge in [-0.1, -0.05) is 24.3 Å². The molecule has 0 spiro atoms. The zero-order valence-corrected chi connectivity index (χ0v) is 10.1. The number of benzene rings is 2. The largest absolute Gasteiger partial charge is 0.508 e. The minimum atomic E-state index is 0.0258. The van der Waals surface area contributed by atoms with Crippen LogP contribution in [0, 0.1) is 0 Å². The molecule has 18 heavy (non-hydrogen) atoms. The van der Waals surface area contributed by atoms with E-state index in [-0.39, 0.29) is 17.3 Å². The van der Waals surface area contributed by atoms with Crippen LogP contribution < -0.4 is 0 Å². The molecule has 0 aliphatic carbocycles. The van der Waals surface area contributed by atoms with Crippen molar-refractivity contribution in [2.24, 2.45) is 0 Å². The van der Waals surface area contributed by atoms with Crippen LogP contribution >= 0.6 is 0 Å². The molecule has 0 saturated carbocycles. The summed E-state index contributed by atoms with van der Waals surface area (Å²) in [5.41, 5.74) is 2.58. The Morgan fingerprint density at radius 2 is 1.50 bits per heavy atom. The van der Waals surface area contributed by atoms with Crippen LogP contribution in [0.5, 0.6) is 11.5 Å². The summed E-state index contributed by atoms with van der Waals surface area (Å²) in [5.74, 6) is 0.174. The first-order valence-electron chi connectivity index (χ1n) is 5.66. The predicted octanol–water partition coefficient (Wildman–Crippen LogP) is 2.90. The van der Waals surface area contributed by atoms with Gasteiger partial charge in [-0.2, -0.15) is 0 Å². The molecule has 0 radical (unpaired) electrons. The Morgan fingerprint density at radius 3 is 2.00 bits per heavy atom. The Morgan fingerprint density at radius 1 is 0.944 bits per heavy atom. The van der Waals surface area contributed by atoms with Crippen LogP contribution in [-0.4, -0.2) is 16.0 Å². The first kappa shape index (κ1) is 12.2. The van der Waals surface area contributed by atoms with Gasteiger partial charge in [0, 0.05) is 12.5 Å². The van der Waals surface area contributed by atoms with Gasteiger partial charge in [0.25, 0.3) is 0 Å². The van der Waals surface area contributed by atoms with E-state index in [9.17, 15) is 15.0 Å². The SMILES string of the molecule is CC(=O)Cc1ccc(-c2cc(O)cc(O)c2)cc1. The monoisotopic (exact) mass is 242 g/mol. The molecule has 2 aromatic carbocycles. The second-order valence-electron chi connectivity index (χ2n) is 4.31. The zero-order valence-electron chi connectivity index (χ0n) is 10.1. The second-order valence-corrected chi connectivity index (χ2v) is 4.31. The summed E-state index contributed by atoms with van der Waals surface area (Å²) in [7, 11) is 0. The molecule has 0 heterocycles. The number of ketones is 1. The molecule has 0 bridgehead atoms. The molecule has 2 N–H and O–H groups in total. The number of carbonyl (C=O) groups excluding carboxylic acids is 1. The van der Waals surface area contributed by atoms with E-state index in [4.69, 9.17) is 0 Å². The third kappa shape index (κ3) is 2.88. The van der Waals surface area contributed by atoms with Crippen LogP contribution in [0.15, 0.2) is 42.5 Å². The molecule has 3 nitrogen and oxygen atoms in total. The molecule has 0 atom stereocenters. The Bertz CT molecular complexity index is 551. The topological polar surface area (TPSA) is 57.5 Å². The lowest BCUT2D eigenvalue weighted by molar-refractivity contribution is -0.116. The molecule has 2 rings (SSSR count). The van der Waals surface area contributed by atoms with Crippen molar-refractivity contribution in [3.8, 4) is 22.6 Å². The molecular weight excluding hydrogens is 228 g/mol. The minimum Gasteiger partial charge on any atom is -0.508 e. The summed E-state index contributed by atoms with van der Waals surface area (Å²) in [4.78, 5) is 11.0. The summed E-state index contributed by atoms with van der Waals surface area (Å²) in [6, 6.07) is 11.9. The lowest BCUT2D eigenvalue weighted by atomic mass is 10.0. The molecule has 0 aliphatic heterocycles. The molecule has 0 aromatic heterocycles. The van der Waals surface area contributed by atoms with E-state index in [1.165, 1.54) is 6.07 Å². The normalized spacial score (nSPS) is 10.3. The zero-order chi connectivity index (χ0) is 13.1. The molecule has 0 aliphatic rings. The molecule has 3 heteroatoms. The first-order valence-corrected chi connectivity index (χ1v) is 5.66. The fourth-order valence-corrected chi connectivity index (χ4v) is 1.86. The van der Waals surface area contributed by atoms with Gasteiger partial charge in [-0.3, -0.25) is 4.79 Å². The van der Waals surface area contributed by atoms with Gasteiger partial charge in [-0.15, -0.1) is 0 Å². The highest BCUT2D eigenvalue weighted by Crippen LogP contribution is 2.28. The standard InChI is InChI=1S/C15H14O3/c1-10(16)6-11-2-4-12(5-3-11)13-7-14(17)9-15(18)8-13/h2-5,7-9,17-18H,6H2,1H3. The van der Waals surface area contributed by atoms with Gasteiger partial charge < -0.3 is 10.2 Å². The van der Waals surface area contributed by atoms with E-state index in [2.05, 4.69) is 0 Å². The van der Waals surface area contributed by atoms with Crippen molar-refractivity contribution >= 4 is 5.78 Å². The molecule has 0 fully saturated rings. The van der Waals surface area contributed by atoms with Crippen molar-refractivity contribution in [2.75, 3.05) is 0 Å². The lowest BCUT2D eigenvalue weighted by Gasteiger charge is -2.05. The number of carbonyl (C=O) groups is 1. The summed E-state index contributed by atoms with van der Waals surface area (Å²) >= 11 is 0. The van der Waals surface area contributed by atoms with Crippen molar-refractivity contribution in [1.82, 2.24) is 0 Å². The van der Waals surface area contributed by atoms with Crippen molar-refractivity contribution in [3.05, 3.63) is 48.0 Å². The summed E-state index contributed by atoms with van der Waals surface area (Å²) in [6.07, 6.45) is 0.422. The summed E-state index contributed by atoms with van der Waals surface area (Å²) in [6.45, 7) is 1.56. The van der Waals surface area contributed by atoms with Crippen molar-refractivity contribution in [3.63, 3.8) is 0 Å². The molecule has 0 saturated heterocycles. The second kappa shape index (κ2) is 4.92. The van der Waals surface area contributed by atoms with Gasteiger partial charge in [0.05, 0.1) is 0 Å². The minimum absolute atomic E-state index is 0.0258. The first-order chi connectivity index (χ1) is 8.54. The van der Waals surface area contributed by atoms with E-state index in [0.717, 1.165) is 16.7 Å². The molecule has 92 valence electrons. The average Bonchev–Trinajstić information content (AvgIpc) is 2.27. The summed E-state index contributed by atoms with van der Waals surface area (Å²) in [5, 5.41) is 18.8. The molecule has 0 unspecified atom stereocenters. The van der Waals surface area contributed by atoms with Gasteiger partial charge in [-0.05, 0) is 35.7 Å². The van der Waals surface area contributed by atoms with E-state index >= 15 is 0 Å². The Hall–Kier alpha value is -2.29. The Balaban J connectivity index is 2.31. The Kier molecular flexibility index (Phi) is 3.33. The fourth-order valence-electron chi connectivity index (χ4n) is 1.86. The van der Waals surface area contributed by atoms with Gasteiger partial charge in [-0.25, -0.2) is 0 Å². The highest BCUT2D eigenvalue weighted by molar-refractivity contribution is 5.78. The van der Waals surface area contributed by atoms with E-state index < -0.39 is 0 Å². The van der Waals surface area contributed by atoms with Crippen molar-refractivity contribution < 1.29 is 15.0 Å². The highest BCUT2D eigenvalue weighted by Gasteiger charge is 2.03. The molecule has 0 amide bonds. The maximum absolute atomic E-state index is 11.0. The third-order valence-corrected chi connectivity index (χ3v) is 2.64. The van der Waals surface area contributed by atoms with Gasteiger partial charge in [0.2, 0.25) is 0 Å². The van der Waals surface area contributed by atoms with Crippen LogP contribution in [0.25, 0.3) is 11.1 Å². The average molecular weight is 242 g/mol. The predicted molar refractivity (Wildman–Crippen MR) is 69.6 cm³/mol. The van der Waals surface area contributed by atoms with Crippen LogP contribution in [-0.2, 0) is 11.2 Å². The van der Waals surface area contributed by atoms with Crippen LogP contribution in [0.1, 0.15) is 12.5 Å². The number of hydrogen-bond acceptors (Lipinski definition) is 3. The third-order valence-electron chi connectivity index (χ3n) is 2.64. The number of rotatable bonds is 3. The van der Waals surface area contributed by atoms with Crippen molar-refractivity contribution in [2.45, 2.75) is 13.3 Å². The lowest BCUT2D eigenvalue weighted by Crippen LogP contribution is -1.95. The molecular formula is C15H14O3. The van der Waals surface area contributed by atoms with Gasteiger partial charge >= 0.3 is 0 Å². The van der Waals surface area contributed by atoms with Crippen LogP contribution in [0.3, 0.4) is 0 Å². The fraction of sp³-hybridized carbons (Fsp3) is 0.133. The van der Waals surface area contributed by atoms with E-state index in [1.54, 1.807) is 19.1 Å². The number of Topliss-reactive ketones (excluding diaryl/α,β-unsaturated/α-hetero) is 1. The number of aromatic hydroxyl groups is 2. The Labute approximate surface area is 105 Å². The van der Waals surface area contributed by atoms with Crippen molar-refractivity contribution in [1.29, 1.82) is 0 Å². The van der Waals surface area contributed by atoms with E-state index in [1.807, 2.05) is 24.3 Å². The van der Waals surface area contributed by atoms with Gasteiger partial charge in [0.1, 0.15) is 17.3 Å². The van der Waals surface area contributed by atoms with Gasteiger partial charge in [0.15, 0.2) is 0 Å². The molecule has 2 aromatic rings. The number of phenols is 2. The number of phenolic OH excluding ortho intramolecular Hbond substituents is 2. The number of hydrogen-bond donors (Lipinski definition) is 2. The smallest absolute Gasteiger partial charge is 0.134 e. The van der Waals surface area contributed by atoms with Crippen LogP contribution in [0.4, 0.5) is 0 Å². The maximum Gasteiger partial charge on any atom is 0.134 e. The summed E-state index contributed by atoms with van der Waals surface area (Å²) < 4.78 is 0. The highest BCUT2D eigenvalue weighted by atomic mass is 16.3. The maximum atomic E-state index is 11.0. The van der Waals surface area contributed by atoms with Crippen LogP contribution in [0.2, 0.25) is 0 Å².